The zero-order valence-corrected chi connectivity index (χ0v) is 12.3. The van der Waals surface area contributed by atoms with E-state index in [0.717, 1.165) is 12.8 Å². The number of hydrogen-bond acceptors (Lipinski definition) is 6. The number of rotatable bonds is 4. The number of aromatic nitrogens is 2. The molecule has 3 heterocycles. The normalized spacial score (nSPS) is 18.0. The summed E-state index contributed by atoms with van der Waals surface area (Å²) in [5.74, 6) is 0.687. The minimum absolute atomic E-state index is 0.104. The van der Waals surface area contributed by atoms with Gasteiger partial charge in [0, 0.05) is 18.8 Å². The molecule has 0 aromatic carbocycles. The molecule has 116 valence electrons. The van der Waals surface area contributed by atoms with Gasteiger partial charge in [0.15, 0.2) is 5.76 Å². The summed E-state index contributed by atoms with van der Waals surface area (Å²) < 4.78 is 16.0. The Labute approximate surface area is 127 Å². The summed E-state index contributed by atoms with van der Waals surface area (Å²) in [5, 5.41) is 0. The largest absolute Gasteiger partial charge is 0.472 e. The first kappa shape index (κ1) is 14.4. The molecule has 1 saturated heterocycles. The zero-order valence-electron chi connectivity index (χ0n) is 12.3. The third-order valence-corrected chi connectivity index (χ3v) is 3.48. The van der Waals surface area contributed by atoms with Gasteiger partial charge in [-0.05, 0) is 25.0 Å². The molecule has 0 aliphatic carbocycles. The number of carbonyl (C=O) groups is 1. The molecule has 7 heteroatoms. The lowest BCUT2D eigenvalue weighted by Crippen LogP contribution is -2.44. The second kappa shape index (κ2) is 6.46. The summed E-state index contributed by atoms with van der Waals surface area (Å²) in [5.41, 5.74) is 0. The SMILES string of the molecule is COc1nccc(OC2CCCN(C(=O)c3ccco3)C2)n1. The zero-order chi connectivity index (χ0) is 15.4. The lowest BCUT2D eigenvalue weighted by molar-refractivity contribution is 0.0498. The van der Waals surface area contributed by atoms with Crippen molar-refractivity contribution in [2.75, 3.05) is 20.2 Å². The number of furan rings is 1. The molecule has 1 amide bonds. The van der Waals surface area contributed by atoms with E-state index >= 15 is 0 Å². The predicted molar refractivity (Wildman–Crippen MR) is 76.8 cm³/mol. The maximum absolute atomic E-state index is 12.3. The van der Waals surface area contributed by atoms with Crippen molar-refractivity contribution in [2.24, 2.45) is 0 Å². The van der Waals surface area contributed by atoms with E-state index in [-0.39, 0.29) is 18.0 Å². The number of carbonyl (C=O) groups excluding carboxylic acids is 1. The van der Waals surface area contributed by atoms with E-state index in [1.165, 1.54) is 13.4 Å². The van der Waals surface area contributed by atoms with Crippen molar-refractivity contribution in [3.05, 3.63) is 36.4 Å². The second-order valence-electron chi connectivity index (χ2n) is 4.99. The molecule has 0 radical (unpaired) electrons. The average Bonchev–Trinajstić information content (AvgIpc) is 3.09. The standard InChI is InChI=1S/C15H17N3O4/c1-20-15-16-7-6-13(17-15)22-11-4-2-8-18(10-11)14(19)12-5-3-9-21-12/h3,5-7,9,11H,2,4,8,10H2,1H3. The first-order chi connectivity index (χ1) is 10.8. The topological polar surface area (TPSA) is 77.7 Å². The fourth-order valence-electron chi connectivity index (χ4n) is 2.43. The van der Waals surface area contributed by atoms with Crippen LogP contribution in [0.3, 0.4) is 0 Å². The summed E-state index contributed by atoms with van der Waals surface area (Å²) in [4.78, 5) is 22.1. The molecule has 2 aromatic rings. The van der Waals surface area contributed by atoms with Crippen molar-refractivity contribution in [1.29, 1.82) is 0 Å². The summed E-state index contributed by atoms with van der Waals surface area (Å²) in [6, 6.07) is 5.31. The molecule has 3 rings (SSSR count). The summed E-state index contributed by atoms with van der Waals surface area (Å²) in [6.45, 7) is 1.21. The number of amides is 1. The van der Waals surface area contributed by atoms with Crippen molar-refractivity contribution >= 4 is 5.91 Å². The Hall–Kier alpha value is -2.57. The number of methoxy groups -OCH3 is 1. The van der Waals surface area contributed by atoms with Crippen LogP contribution in [0.15, 0.2) is 35.1 Å². The minimum Gasteiger partial charge on any atom is -0.472 e. The van der Waals surface area contributed by atoms with E-state index < -0.39 is 0 Å². The van der Waals surface area contributed by atoms with Crippen LogP contribution < -0.4 is 9.47 Å². The van der Waals surface area contributed by atoms with E-state index in [1.54, 1.807) is 29.3 Å². The van der Waals surface area contributed by atoms with E-state index in [9.17, 15) is 4.79 Å². The Morgan fingerprint density at radius 3 is 3.14 bits per heavy atom. The predicted octanol–water partition coefficient (Wildman–Crippen LogP) is 1.76. The van der Waals surface area contributed by atoms with Gasteiger partial charge in [-0.1, -0.05) is 0 Å². The summed E-state index contributed by atoms with van der Waals surface area (Å²) >= 11 is 0. The van der Waals surface area contributed by atoms with Crippen LogP contribution in [0.4, 0.5) is 0 Å². The van der Waals surface area contributed by atoms with Crippen molar-refractivity contribution in [3.63, 3.8) is 0 Å². The van der Waals surface area contributed by atoms with Gasteiger partial charge in [0.05, 0.1) is 19.9 Å². The highest BCUT2D eigenvalue weighted by atomic mass is 16.5. The third-order valence-electron chi connectivity index (χ3n) is 3.48. The first-order valence-corrected chi connectivity index (χ1v) is 7.13. The van der Waals surface area contributed by atoms with E-state index in [0.29, 0.717) is 24.7 Å². The highest BCUT2D eigenvalue weighted by Gasteiger charge is 2.27. The molecule has 0 bridgehead atoms. The van der Waals surface area contributed by atoms with Gasteiger partial charge in [-0.25, -0.2) is 4.98 Å². The first-order valence-electron chi connectivity index (χ1n) is 7.13. The van der Waals surface area contributed by atoms with Gasteiger partial charge in [0.1, 0.15) is 6.10 Å². The minimum atomic E-state index is -0.112. The number of ether oxygens (including phenoxy) is 2. The van der Waals surface area contributed by atoms with Crippen LogP contribution in [0.25, 0.3) is 0 Å². The Balaban J connectivity index is 1.64. The van der Waals surface area contributed by atoms with E-state index in [4.69, 9.17) is 13.9 Å². The lowest BCUT2D eigenvalue weighted by atomic mass is 10.1. The van der Waals surface area contributed by atoms with Gasteiger partial charge in [-0.15, -0.1) is 0 Å². The van der Waals surface area contributed by atoms with Crippen LogP contribution in [-0.2, 0) is 0 Å². The van der Waals surface area contributed by atoms with Gasteiger partial charge in [0.25, 0.3) is 5.91 Å². The molecule has 1 fully saturated rings. The second-order valence-corrected chi connectivity index (χ2v) is 4.99. The molecule has 1 aliphatic heterocycles. The number of nitrogens with zero attached hydrogens (tertiary/aromatic N) is 3. The Morgan fingerprint density at radius 2 is 2.36 bits per heavy atom. The fourth-order valence-corrected chi connectivity index (χ4v) is 2.43. The van der Waals surface area contributed by atoms with E-state index in [1.807, 2.05) is 0 Å². The van der Waals surface area contributed by atoms with Crippen molar-refractivity contribution < 1.29 is 18.7 Å². The maximum atomic E-state index is 12.3. The molecular formula is C15H17N3O4. The molecule has 0 spiro atoms. The number of likely N-dealkylation sites (tertiary alicyclic amines) is 1. The lowest BCUT2D eigenvalue weighted by Gasteiger charge is -2.32. The van der Waals surface area contributed by atoms with Gasteiger partial charge >= 0.3 is 6.01 Å². The summed E-state index contributed by atoms with van der Waals surface area (Å²) in [6.07, 6.45) is 4.72. The van der Waals surface area contributed by atoms with Gasteiger partial charge < -0.3 is 18.8 Å². The number of piperidine rings is 1. The van der Waals surface area contributed by atoms with E-state index in [2.05, 4.69) is 9.97 Å². The molecule has 2 aromatic heterocycles. The van der Waals surface area contributed by atoms with Crippen LogP contribution >= 0.6 is 0 Å². The van der Waals surface area contributed by atoms with Crippen LogP contribution in [0, 0.1) is 0 Å². The molecule has 22 heavy (non-hydrogen) atoms. The van der Waals surface area contributed by atoms with Crippen LogP contribution in [0.2, 0.25) is 0 Å². The smallest absolute Gasteiger partial charge is 0.319 e. The van der Waals surface area contributed by atoms with Crippen molar-refractivity contribution in [1.82, 2.24) is 14.9 Å². The summed E-state index contributed by atoms with van der Waals surface area (Å²) in [7, 11) is 1.50. The molecule has 1 aliphatic rings. The molecule has 1 atom stereocenters. The highest BCUT2D eigenvalue weighted by molar-refractivity contribution is 5.91. The molecule has 7 nitrogen and oxygen atoms in total. The maximum Gasteiger partial charge on any atom is 0.319 e. The Morgan fingerprint density at radius 1 is 1.45 bits per heavy atom. The Kier molecular flexibility index (Phi) is 4.22. The van der Waals surface area contributed by atoms with Crippen LogP contribution in [0.5, 0.6) is 11.9 Å². The number of hydrogen-bond donors (Lipinski definition) is 0. The van der Waals surface area contributed by atoms with Gasteiger partial charge in [-0.2, -0.15) is 4.98 Å². The monoisotopic (exact) mass is 303 g/mol. The average molecular weight is 303 g/mol. The highest BCUT2D eigenvalue weighted by Crippen LogP contribution is 2.19. The molecule has 1 unspecified atom stereocenters. The van der Waals surface area contributed by atoms with Crippen molar-refractivity contribution in [2.45, 2.75) is 18.9 Å². The van der Waals surface area contributed by atoms with Crippen LogP contribution in [-0.4, -0.2) is 47.1 Å². The molecule has 0 saturated carbocycles. The quantitative estimate of drug-likeness (QED) is 0.856. The fraction of sp³-hybridized carbons (Fsp3) is 0.400. The molecule has 0 N–H and O–H groups in total. The van der Waals surface area contributed by atoms with Gasteiger partial charge in [0.2, 0.25) is 5.88 Å². The van der Waals surface area contributed by atoms with Crippen molar-refractivity contribution in [3.8, 4) is 11.9 Å². The van der Waals surface area contributed by atoms with Crippen LogP contribution in [0.1, 0.15) is 23.4 Å². The third kappa shape index (κ3) is 3.19. The Bertz CT molecular complexity index is 629. The van der Waals surface area contributed by atoms with Gasteiger partial charge in [-0.3, -0.25) is 4.79 Å². The molecular weight excluding hydrogens is 286 g/mol.